The molecule has 0 aliphatic carbocycles. The lowest BCUT2D eigenvalue weighted by Gasteiger charge is -2.22. The van der Waals surface area contributed by atoms with Gasteiger partial charge in [-0.25, -0.2) is 9.59 Å². The van der Waals surface area contributed by atoms with Gasteiger partial charge in [0.1, 0.15) is 17.4 Å². The maximum atomic E-state index is 11.8. The largest absolute Gasteiger partial charge is 0.493 e. The van der Waals surface area contributed by atoms with Crippen molar-refractivity contribution < 1.29 is 23.8 Å². The second-order valence-corrected chi connectivity index (χ2v) is 5.93. The lowest BCUT2D eigenvalue weighted by molar-refractivity contribution is -0.143. The number of carbonyl (C=O) groups is 2. The molecule has 7 nitrogen and oxygen atoms in total. The monoisotopic (exact) mass is 324 g/mol. The van der Waals surface area contributed by atoms with Crippen LogP contribution in [0.25, 0.3) is 0 Å². The highest BCUT2D eigenvalue weighted by Gasteiger charge is 2.24. The van der Waals surface area contributed by atoms with Gasteiger partial charge in [-0.1, -0.05) is 0 Å². The molecular weight excluding hydrogens is 300 g/mol. The van der Waals surface area contributed by atoms with Crippen molar-refractivity contribution in [1.29, 1.82) is 0 Å². The van der Waals surface area contributed by atoms with Gasteiger partial charge >= 0.3 is 12.1 Å². The number of esters is 1. The van der Waals surface area contributed by atoms with Crippen molar-refractivity contribution in [2.75, 3.05) is 19.5 Å². The van der Waals surface area contributed by atoms with Crippen LogP contribution in [0, 0.1) is 0 Å². The Kier molecular flexibility index (Phi) is 6.68. The summed E-state index contributed by atoms with van der Waals surface area (Å²) in [5.41, 5.74) is 5.58. The molecule has 0 aliphatic rings. The summed E-state index contributed by atoms with van der Waals surface area (Å²) in [4.78, 5) is 23.5. The number of hydrogen-bond acceptors (Lipinski definition) is 6. The number of nitrogens with two attached hydrogens (primary N) is 1. The first-order valence-corrected chi connectivity index (χ1v) is 7.27. The molecule has 0 saturated carbocycles. The van der Waals surface area contributed by atoms with Gasteiger partial charge in [0.2, 0.25) is 0 Å². The number of rotatable bonds is 6. The molecule has 0 bridgehead atoms. The average molecular weight is 324 g/mol. The number of carbonyl (C=O) groups excluding carboxylic acids is 2. The van der Waals surface area contributed by atoms with E-state index >= 15 is 0 Å². The molecule has 0 aromatic heterocycles. The number of ether oxygens (including phenoxy) is 3. The SMILES string of the molecule is COC(=O)C(CCOc1ccc(N)cc1)NC(=O)OC(C)(C)C. The molecule has 7 heteroatoms. The molecule has 0 aliphatic heterocycles. The predicted molar refractivity (Wildman–Crippen MR) is 86.1 cm³/mol. The average Bonchev–Trinajstić information content (AvgIpc) is 2.45. The fourth-order valence-electron chi connectivity index (χ4n) is 1.70. The zero-order chi connectivity index (χ0) is 17.5. The fraction of sp³-hybridized carbons (Fsp3) is 0.500. The molecule has 1 amide bonds. The van der Waals surface area contributed by atoms with Crippen LogP contribution >= 0.6 is 0 Å². The van der Waals surface area contributed by atoms with E-state index in [1.54, 1.807) is 45.0 Å². The Morgan fingerprint density at radius 2 is 1.83 bits per heavy atom. The number of benzene rings is 1. The Morgan fingerprint density at radius 3 is 2.35 bits per heavy atom. The Balaban J connectivity index is 2.52. The van der Waals surface area contributed by atoms with Crippen molar-refractivity contribution in [2.45, 2.75) is 38.8 Å². The standard InChI is InChI=1S/C16H24N2O5/c1-16(2,3)23-15(20)18-13(14(19)21-4)9-10-22-12-7-5-11(17)6-8-12/h5-8,13H,9-10,17H2,1-4H3,(H,18,20). The van der Waals surface area contributed by atoms with Gasteiger partial charge in [0.05, 0.1) is 13.7 Å². The number of anilines is 1. The zero-order valence-electron chi connectivity index (χ0n) is 13.9. The van der Waals surface area contributed by atoms with Gasteiger partial charge in [-0.3, -0.25) is 0 Å². The summed E-state index contributed by atoms with van der Waals surface area (Å²) in [6.07, 6.45) is -0.434. The highest BCUT2D eigenvalue weighted by atomic mass is 16.6. The molecule has 0 radical (unpaired) electrons. The molecule has 1 unspecified atom stereocenters. The molecule has 23 heavy (non-hydrogen) atoms. The van der Waals surface area contributed by atoms with Crippen LogP contribution in [0.5, 0.6) is 5.75 Å². The molecule has 1 aromatic carbocycles. The minimum Gasteiger partial charge on any atom is -0.493 e. The Morgan fingerprint density at radius 1 is 1.22 bits per heavy atom. The number of hydrogen-bond donors (Lipinski definition) is 2. The number of nitrogen functional groups attached to an aromatic ring is 1. The van der Waals surface area contributed by atoms with E-state index in [1.807, 2.05) is 0 Å². The van der Waals surface area contributed by atoms with Crippen molar-refractivity contribution in [3.63, 3.8) is 0 Å². The summed E-state index contributed by atoms with van der Waals surface area (Å²) in [6, 6.07) is 6.04. The summed E-state index contributed by atoms with van der Waals surface area (Å²) in [5.74, 6) is 0.0665. The van der Waals surface area contributed by atoms with Crippen molar-refractivity contribution in [2.24, 2.45) is 0 Å². The topological polar surface area (TPSA) is 99.9 Å². The summed E-state index contributed by atoms with van der Waals surface area (Å²) in [6.45, 7) is 5.44. The van der Waals surface area contributed by atoms with Crippen LogP contribution in [-0.4, -0.2) is 37.4 Å². The smallest absolute Gasteiger partial charge is 0.408 e. The van der Waals surface area contributed by atoms with Crippen LogP contribution in [0.15, 0.2) is 24.3 Å². The van der Waals surface area contributed by atoms with Gasteiger partial charge in [0.25, 0.3) is 0 Å². The molecule has 0 heterocycles. The van der Waals surface area contributed by atoms with Crippen LogP contribution < -0.4 is 15.8 Å². The van der Waals surface area contributed by atoms with E-state index < -0.39 is 23.7 Å². The van der Waals surface area contributed by atoms with Gasteiger partial charge in [-0.15, -0.1) is 0 Å². The van der Waals surface area contributed by atoms with Crippen molar-refractivity contribution in [3.8, 4) is 5.75 Å². The highest BCUT2D eigenvalue weighted by Crippen LogP contribution is 2.14. The molecular formula is C16H24N2O5. The van der Waals surface area contributed by atoms with Gasteiger partial charge in [-0.2, -0.15) is 0 Å². The van der Waals surface area contributed by atoms with Crippen molar-refractivity contribution in [3.05, 3.63) is 24.3 Å². The first-order valence-electron chi connectivity index (χ1n) is 7.27. The third kappa shape index (κ3) is 7.39. The minimum absolute atomic E-state index is 0.222. The van der Waals surface area contributed by atoms with E-state index in [-0.39, 0.29) is 13.0 Å². The Labute approximate surface area is 136 Å². The number of alkyl carbamates (subject to hydrolysis) is 1. The minimum atomic E-state index is -0.844. The van der Waals surface area contributed by atoms with E-state index in [0.717, 1.165) is 0 Å². The molecule has 1 rings (SSSR count). The zero-order valence-corrected chi connectivity index (χ0v) is 13.9. The molecule has 1 atom stereocenters. The number of amides is 1. The van der Waals surface area contributed by atoms with Crippen LogP contribution in [0.3, 0.4) is 0 Å². The van der Waals surface area contributed by atoms with Crippen LogP contribution in [0.1, 0.15) is 27.2 Å². The van der Waals surface area contributed by atoms with E-state index in [9.17, 15) is 9.59 Å². The summed E-state index contributed by atoms with van der Waals surface area (Å²) >= 11 is 0. The molecule has 0 saturated heterocycles. The van der Waals surface area contributed by atoms with Gasteiger partial charge in [-0.05, 0) is 45.0 Å². The number of methoxy groups -OCH3 is 1. The quantitative estimate of drug-likeness (QED) is 0.614. The van der Waals surface area contributed by atoms with Gasteiger partial charge in [0, 0.05) is 12.1 Å². The summed E-state index contributed by atoms with van der Waals surface area (Å²) in [5, 5.41) is 2.48. The predicted octanol–water partition coefficient (Wildman–Crippen LogP) is 2.10. The normalized spacial score (nSPS) is 12.2. The van der Waals surface area contributed by atoms with Crippen LogP contribution in [0.2, 0.25) is 0 Å². The lowest BCUT2D eigenvalue weighted by Crippen LogP contribution is -2.44. The molecule has 0 spiro atoms. The van der Waals surface area contributed by atoms with Crippen molar-refractivity contribution >= 4 is 17.7 Å². The molecule has 0 fully saturated rings. The van der Waals surface area contributed by atoms with E-state index in [0.29, 0.717) is 11.4 Å². The first kappa shape index (κ1) is 18.6. The van der Waals surface area contributed by atoms with Crippen molar-refractivity contribution in [1.82, 2.24) is 5.32 Å². The second-order valence-electron chi connectivity index (χ2n) is 5.93. The van der Waals surface area contributed by atoms with E-state index in [1.165, 1.54) is 7.11 Å². The maximum Gasteiger partial charge on any atom is 0.408 e. The molecule has 128 valence electrons. The van der Waals surface area contributed by atoms with Crippen LogP contribution in [-0.2, 0) is 14.3 Å². The van der Waals surface area contributed by atoms with E-state index in [4.69, 9.17) is 15.2 Å². The Bertz CT molecular complexity index is 522. The molecule has 3 N–H and O–H groups in total. The summed E-state index contributed by atoms with van der Waals surface area (Å²) < 4.78 is 15.3. The Hall–Kier alpha value is -2.44. The lowest BCUT2D eigenvalue weighted by atomic mass is 10.2. The summed E-state index contributed by atoms with van der Waals surface area (Å²) in [7, 11) is 1.26. The second kappa shape index (κ2) is 8.26. The maximum absolute atomic E-state index is 11.8. The third-order valence-electron chi connectivity index (χ3n) is 2.73. The fourth-order valence-corrected chi connectivity index (χ4v) is 1.70. The van der Waals surface area contributed by atoms with E-state index in [2.05, 4.69) is 10.1 Å². The number of nitrogens with one attached hydrogen (secondary N) is 1. The van der Waals surface area contributed by atoms with Gasteiger partial charge in [0.15, 0.2) is 0 Å². The van der Waals surface area contributed by atoms with Crippen LogP contribution in [0.4, 0.5) is 10.5 Å². The van der Waals surface area contributed by atoms with Gasteiger partial charge < -0.3 is 25.3 Å². The molecule has 1 aromatic rings. The first-order chi connectivity index (χ1) is 10.7. The third-order valence-corrected chi connectivity index (χ3v) is 2.73. The highest BCUT2D eigenvalue weighted by molar-refractivity contribution is 5.81.